The van der Waals surface area contributed by atoms with Crippen molar-refractivity contribution in [2.24, 2.45) is 11.8 Å². The van der Waals surface area contributed by atoms with Crippen LogP contribution in [0.2, 0.25) is 0 Å². The molecular formula is C29H30O8. The first-order valence-electron chi connectivity index (χ1n) is 12.1. The molecule has 0 saturated heterocycles. The van der Waals surface area contributed by atoms with Crippen LogP contribution in [0.5, 0.6) is 34.5 Å². The molecule has 3 atom stereocenters. The van der Waals surface area contributed by atoms with E-state index in [2.05, 4.69) is 6.92 Å². The Morgan fingerprint density at radius 2 is 1.62 bits per heavy atom. The third-order valence-electron chi connectivity index (χ3n) is 7.28. The van der Waals surface area contributed by atoms with E-state index >= 15 is 0 Å². The van der Waals surface area contributed by atoms with Crippen molar-refractivity contribution in [3.63, 3.8) is 0 Å². The van der Waals surface area contributed by atoms with Gasteiger partial charge >= 0.3 is 5.97 Å². The lowest BCUT2D eigenvalue weighted by molar-refractivity contribution is 0.00697. The minimum absolute atomic E-state index is 0.0841. The fourth-order valence-corrected chi connectivity index (χ4v) is 5.26. The normalized spacial score (nSPS) is 19.6. The van der Waals surface area contributed by atoms with Crippen LogP contribution in [0, 0.1) is 11.8 Å². The summed E-state index contributed by atoms with van der Waals surface area (Å²) in [7, 11) is 4.54. The van der Waals surface area contributed by atoms with E-state index in [0.717, 1.165) is 11.1 Å². The Bertz CT molecular complexity index is 1330. The van der Waals surface area contributed by atoms with Crippen LogP contribution in [0.25, 0.3) is 11.1 Å². The number of methoxy groups -OCH3 is 3. The fourth-order valence-electron chi connectivity index (χ4n) is 5.26. The molecule has 3 unspecified atom stereocenters. The molecule has 3 aromatic rings. The number of carbonyl (C=O) groups excluding carboxylic acids is 1. The largest absolute Gasteiger partial charge is 0.504 e. The topological polar surface area (TPSA) is 92.7 Å². The Morgan fingerprint density at radius 3 is 2.30 bits per heavy atom. The minimum atomic E-state index is -0.702. The Kier molecular flexibility index (Phi) is 6.50. The highest BCUT2D eigenvalue weighted by atomic mass is 16.7. The number of hydrogen-bond donors (Lipinski definition) is 1. The predicted molar refractivity (Wildman–Crippen MR) is 136 cm³/mol. The summed E-state index contributed by atoms with van der Waals surface area (Å²) >= 11 is 0. The number of hydrogen-bond acceptors (Lipinski definition) is 8. The van der Waals surface area contributed by atoms with Crippen LogP contribution in [-0.4, -0.2) is 39.2 Å². The van der Waals surface area contributed by atoms with Gasteiger partial charge in [0.2, 0.25) is 18.3 Å². The summed E-state index contributed by atoms with van der Waals surface area (Å²) in [6.45, 7) is 4.24. The molecular weight excluding hydrogens is 476 g/mol. The average molecular weight is 507 g/mol. The van der Waals surface area contributed by atoms with Crippen molar-refractivity contribution >= 4 is 5.97 Å². The standard InChI is InChI=1S/C29H30O8/c1-15-11-18-12-21-26(36-14-35-21)27(33-4)22(18)23-19(13-20(30)25(32-3)28(23)34-5)24(16(15)2)37-29(31)17-9-7-6-8-10-17/h6-10,12-13,15-16,24,30H,11,14H2,1-5H3. The maximum atomic E-state index is 13.3. The maximum absolute atomic E-state index is 13.3. The second kappa shape index (κ2) is 9.76. The van der Waals surface area contributed by atoms with Crippen molar-refractivity contribution in [1.82, 2.24) is 0 Å². The smallest absolute Gasteiger partial charge is 0.338 e. The summed E-state index contributed by atoms with van der Waals surface area (Å²) in [6, 6.07) is 12.4. The van der Waals surface area contributed by atoms with E-state index in [0.29, 0.717) is 46.1 Å². The second-order valence-corrected chi connectivity index (χ2v) is 9.34. The molecule has 8 heteroatoms. The zero-order chi connectivity index (χ0) is 26.3. The Balaban J connectivity index is 1.81. The van der Waals surface area contributed by atoms with Gasteiger partial charge in [0.25, 0.3) is 0 Å². The number of aromatic hydroxyl groups is 1. The van der Waals surface area contributed by atoms with Gasteiger partial charge in [-0.05, 0) is 42.2 Å². The summed E-state index contributed by atoms with van der Waals surface area (Å²) in [5, 5.41) is 11.0. The number of benzene rings is 3. The quantitative estimate of drug-likeness (QED) is 0.451. The third-order valence-corrected chi connectivity index (χ3v) is 7.28. The molecule has 0 radical (unpaired) electrons. The van der Waals surface area contributed by atoms with Gasteiger partial charge in [0.05, 0.1) is 26.9 Å². The molecule has 8 nitrogen and oxygen atoms in total. The summed E-state index contributed by atoms with van der Waals surface area (Å²) < 4.78 is 34.9. The summed E-state index contributed by atoms with van der Waals surface area (Å²) in [5.74, 6) is 1.43. The van der Waals surface area contributed by atoms with E-state index in [1.54, 1.807) is 37.4 Å². The van der Waals surface area contributed by atoms with Crippen LogP contribution in [0.15, 0.2) is 42.5 Å². The molecule has 0 spiro atoms. The number of phenols is 1. The van der Waals surface area contributed by atoms with Crippen molar-refractivity contribution in [1.29, 1.82) is 0 Å². The Labute approximate surface area is 215 Å². The number of ether oxygens (including phenoxy) is 6. The molecule has 37 heavy (non-hydrogen) atoms. The molecule has 2 aliphatic rings. The van der Waals surface area contributed by atoms with Gasteiger partial charge in [-0.3, -0.25) is 0 Å². The predicted octanol–water partition coefficient (Wildman–Crippen LogP) is 5.54. The van der Waals surface area contributed by atoms with E-state index in [4.69, 9.17) is 28.4 Å². The van der Waals surface area contributed by atoms with Gasteiger partial charge in [0.1, 0.15) is 6.10 Å². The third kappa shape index (κ3) is 4.06. The van der Waals surface area contributed by atoms with Gasteiger partial charge in [-0.1, -0.05) is 32.0 Å². The lowest BCUT2D eigenvalue weighted by atomic mass is 9.76. The number of rotatable bonds is 5. The van der Waals surface area contributed by atoms with Crippen molar-refractivity contribution in [3.8, 4) is 45.6 Å². The molecule has 1 aliphatic carbocycles. The van der Waals surface area contributed by atoms with Crippen molar-refractivity contribution in [2.45, 2.75) is 26.4 Å². The SMILES string of the molecule is COc1c(O)cc2c(c1OC)-c1c(cc3c(c1OC)OCO3)CC(C)C(C)C2OC(=O)c1ccccc1. The first-order chi connectivity index (χ1) is 17.9. The molecule has 194 valence electrons. The number of esters is 1. The molecule has 1 heterocycles. The van der Waals surface area contributed by atoms with Crippen LogP contribution in [-0.2, 0) is 11.2 Å². The van der Waals surface area contributed by atoms with Gasteiger partial charge in [0, 0.05) is 22.6 Å². The molecule has 0 amide bonds. The highest BCUT2D eigenvalue weighted by Gasteiger charge is 2.39. The second-order valence-electron chi connectivity index (χ2n) is 9.34. The van der Waals surface area contributed by atoms with E-state index in [-0.39, 0.29) is 30.1 Å². The van der Waals surface area contributed by atoms with Crippen LogP contribution < -0.4 is 23.7 Å². The number of fused-ring (bicyclic) bond motifs is 4. The zero-order valence-electron chi connectivity index (χ0n) is 21.5. The van der Waals surface area contributed by atoms with Crippen molar-refractivity contribution in [2.75, 3.05) is 28.1 Å². The first kappa shape index (κ1) is 24.6. The average Bonchev–Trinajstić information content (AvgIpc) is 3.38. The van der Waals surface area contributed by atoms with Gasteiger partial charge in [-0.25, -0.2) is 4.79 Å². The van der Waals surface area contributed by atoms with Crippen molar-refractivity contribution in [3.05, 3.63) is 59.2 Å². The molecule has 0 bridgehead atoms. The van der Waals surface area contributed by atoms with E-state index in [1.807, 2.05) is 19.1 Å². The van der Waals surface area contributed by atoms with E-state index in [9.17, 15) is 9.90 Å². The Hall–Kier alpha value is -4.07. The molecule has 1 aliphatic heterocycles. The first-order valence-corrected chi connectivity index (χ1v) is 12.1. The summed E-state index contributed by atoms with van der Waals surface area (Å²) in [4.78, 5) is 13.3. The summed E-state index contributed by atoms with van der Waals surface area (Å²) in [5.41, 5.74) is 3.30. The Morgan fingerprint density at radius 1 is 0.919 bits per heavy atom. The minimum Gasteiger partial charge on any atom is -0.504 e. The monoisotopic (exact) mass is 506 g/mol. The van der Waals surface area contributed by atoms with Gasteiger partial charge in [-0.2, -0.15) is 0 Å². The maximum Gasteiger partial charge on any atom is 0.338 e. The highest BCUT2D eigenvalue weighted by Crippen LogP contribution is 2.58. The molecule has 0 aromatic heterocycles. The molecule has 1 N–H and O–H groups in total. The number of phenolic OH excluding ortho intramolecular Hbond substituents is 1. The van der Waals surface area contributed by atoms with Crippen LogP contribution >= 0.6 is 0 Å². The highest BCUT2D eigenvalue weighted by molar-refractivity contribution is 5.91. The zero-order valence-corrected chi connectivity index (χ0v) is 21.5. The van der Waals surface area contributed by atoms with Gasteiger partial charge in [0.15, 0.2) is 23.0 Å². The van der Waals surface area contributed by atoms with Crippen LogP contribution in [0.4, 0.5) is 0 Å². The molecule has 0 fully saturated rings. The molecule has 5 rings (SSSR count). The summed E-state index contributed by atoms with van der Waals surface area (Å²) in [6.07, 6.45) is -0.0546. The molecule has 0 saturated carbocycles. The van der Waals surface area contributed by atoms with E-state index in [1.165, 1.54) is 14.2 Å². The van der Waals surface area contributed by atoms with Crippen molar-refractivity contribution < 1.29 is 38.3 Å². The van der Waals surface area contributed by atoms with Gasteiger partial charge in [-0.15, -0.1) is 0 Å². The molecule has 3 aromatic carbocycles. The number of carbonyl (C=O) groups is 1. The van der Waals surface area contributed by atoms with Gasteiger partial charge < -0.3 is 33.5 Å². The lowest BCUT2D eigenvalue weighted by Gasteiger charge is -2.35. The fraction of sp³-hybridized carbons (Fsp3) is 0.345. The lowest BCUT2D eigenvalue weighted by Crippen LogP contribution is -2.26. The van der Waals surface area contributed by atoms with Crippen LogP contribution in [0.3, 0.4) is 0 Å². The van der Waals surface area contributed by atoms with Crippen LogP contribution in [0.1, 0.15) is 41.4 Å². The van der Waals surface area contributed by atoms with E-state index < -0.39 is 12.1 Å².